The van der Waals surface area contributed by atoms with Crippen molar-refractivity contribution in [2.24, 2.45) is 4.99 Å². The number of halogens is 1. The Morgan fingerprint density at radius 2 is 2.26 bits per heavy atom. The lowest BCUT2D eigenvalue weighted by Crippen LogP contribution is -2.42. The maximum atomic E-state index is 10.1. The molecule has 1 unspecified atom stereocenters. The highest BCUT2D eigenvalue weighted by molar-refractivity contribution is 14.0. The molecule has 0 saturated heterocycles. The Balaban J connectivity index is 0.00000180. The van der Waals surface area contributed by atoms with E-state index in [4.69, 9.17) is 4.74 Å². The third-order valence-electron chi connectivity index (χ3n) is 2.86. The minimum atomic E-state index is -0.618. The zero-order chi connectivity index (χ0) is 12.8. The first kappa shape index (κ1) is 16.0. The molecular weight excluding hydrogens is 357 g/mol. The van der Waals surface area contributed by atoms with E-state index in [1.807, 2.05) is 24.3 Å². The molecule has 106 valence electrons. The quantitative estimate of drug-likeness (QED) is 0.692. The van der Waals surface area contributed by atoms with Gasteiger partial charge < -0.3 is 20.5 Å². The van der Waals surface area contributed by atoms with E-state index < -0.39 is 6.10 Å². The van der Waals surface area contributed by atoms with E-state index in [0.29, 0.717) is 12.3 Å². The first-order valence-electron chi connectivity index (χ1n) is 6.14. The fraction of sp³-hybridized carbons (Fsp3) is 0.462. The average molecular weight is 377 g/mol. The van der Waals surface area contributed by atoms with Crippen LogP contribution in [-0.4, -0.2) is 37.8 Å². The molecule has 0 bridgehead atoms. The predicted molar refractivity (Wildman–Crippen MR) is 86.3 cm³/mol. The Bertz CT molecular complexity index is 426. The number of aliphatic imine (C=N–C) groups is 1. The van der Waals surface area contributed by atoms with Gasteiger partial charge in [-0.1, -0.05) is 18.2 Å². The maximum absolute atomic E-state index is 10.1. The van der Waals surface area contributed by atoms with Gasteiger partial charge in [-0.3, -0.25) is 4.99 Å². The van der Waals surface area contributed by atoms with E-state index in [1.165, 1.54) is 0 Å². The number of para-hydroxylation sites is 1. The van der Waals surface area contributed by atoms with E-state index in [0.717, 1.165) is 31.0 Å². The molecular formula is C13H20IN3O2. The van der Waals surface area contributed by atoms with Gasteiger partial charge in [0.1, 0.15) is 5.75 Å². The van der Waals surface area contributed by atoms with Crippen molar-refractivity contribution in [3.8, 4) is 5.75 Å². The SMILES string of the molecule is COc1ccccc1C(O)CNC1=NCCCN1.I. The van der Waals surface area contributed by atoms with Crippen molar-refractivity contribution in [2.75, 3.05) is 26.7 Å². The molecule has 0 fully saturated rings. The van der Waals surface area contributed by atoms with Gasteiger partial charge >= 0.3 is 0 Å². The molecule has 0 aromatic heterocycles. The van der Waals surface area contributed by atoms with Crippen molar-refractivity contribution in [1.29, 1.82) is 0 Å². The van der Waals surface area contributed by atoms with Crippen molar-refractivity contribution in [3.05, 3.63) is 29.8 Å². The second kappa shape index (κ2) is 8.21. The number of hydrogen-bond donors (Lipinski definition) is 3. The Morgan fingerprint density at radius 3 is 2.95 bits per heavy atom. The van der Waals surface area contributed by atoms with Crippen molar-refractivity contribution >= 4 is 29.9 Å². The van der Waals surface area contributed by atoms with Crippen LogP contribution < -0.4 is 15.4 Å². The fourth-order valence-electron chi connectivity index (χ4n) is 1.90. The topological polar surface area (TPSA) is 65.9 Å². The van der Waals surface area contributed by atoms with E-state index in [-0.39, 0.29) is 24.0 Å². The molecule has 6 heteroatoms. The highest BCUT2D eigenvalue weighted by Crippen LogP contribution is 2.23. The summed E-state index contributed by atoms with van der Waals surface area (Å²) in [5.41, 5.74) is 0.781. The molecule has 1 aliphatic rings. The summed E-state index contributed by atoms with van der Waals surface area (Å²) >= 11 is 0. The summed E-state index contributed by atoms with van der Waals surface area (Å²) < 4.78 is 5.22. The van der Waals surface area contributed by atoms with Crippen LogP contribution in [0.5, 0.6) is 5.75 Å². The van der Waals surface area contributed by atoms with Crippen LogP contribution in [0.2, 0.25) is 0 Å². The fourth-order valence-corrected chi connectivity index (χ4v) is 1.90. The zero-order valence-corrected chi connectivity index (χ0v) is 13.3. The van der Waals surface area contributed by atoms with Crippen LogP contribution in [0.15, 0.2) is 29.3 Å². The first-order valence-corrected chi connectivity index (χ1v) is 6.14. The van der Waals surface area contributed by atoms with Crippen LogP contribution in [0.4, 0.5) is 0 Å². The molecule has 0 saturated carbocycles. The molecule has 0 radical (unpaired) electrons. The summed E-state index contributed by atoms with van der Waals surface area (Å²) in [4.78, 5) is 4.29. The smallest absolute Gasteiger partial charge is 0.191 e. The highest BCUT2D eigenvalue weighted by atomic mass is 127. The molecule has 0 spiro atoms. The monoisotopic (exact) mass is 377 g/mol. The lowest BCUT2D eigenvalue weighted by molar-refractivity contribution is 0.176. The Hall–Kier alpha value is -1.02. The first-order chi connectivity index (χ1) is 8.81. The molecule has 2 rings (SSSR count). The highest BCUT2D eigenvalue weighted by Gasteiger charge is 2.13. The summed E-state index contributed by atoms with van der Waals surface area (Å²) in [5.74, 6) is 1.46. The van der Waals surface area contributed by atoms with Crippen molar-refractivity contribution in [1.82, 2.24) is 10.6 Å². The second-order valence-electron chi connectivity index (χ2n) is 4.15. The van der Waals surface area contributed by atoms with Crippen LogP contribution in [0.1, 0.15) is 18.1 Å². The van der Waals surface area contributed by atoms with Gasteiger partial charge in [-0.05, 0) is 12.5 Å². The average Bonchev–Trinajstić information content (AvgIpc) is 2.45. The van der Waals surface area contributed by atoms with Crippen molar-refractivity contribution in [2.45, 2.75) is 12.5 Å². The summed E-state index contributed by atoms with van der Waals surface area (Å²) in [7, 11) is 1.60. The third-order valence-corrected chi connectivity index (χ3v) is 2.86. The Labute approximate surface area is 130 Å². The molecule has 1 aliphatic heterocycles. The van der Waals surface area contributed by atoms with Crippen LogP contribution in [0.3, 0.4) is 0 Å². The normalized spacial score (nSPS) is 15.6. The van der Waals surface area contributed by atoms with Crippen LogP contribution in [0, 0.1) is 0 Å². The molecule has 1 aromatic rings. The van der Waals surface area contributed by atoms with Gasteiger partial charge in [0.15, 0.2) is 5.96 Å². The van der Waals surface area contributed by atoms with Gasteiger partial charge in [0, 0.05) is 25.2 Å². The summed E-state index contributed by atoms with van der Waals surface area (Å²) in [6.45, 7) is 2.17. The third kappa shape index (κ3) is 4.54. The summed E-state index contributed by atoms with van der Waals surface area (Å²) in [5, 5.41) is 16.4. The second-order valence-corrected chi connectivity index (χ2v) is 4.15. The van der Waals surface area contributed by atoms with E-state index in [1.54, 1.807) is 7.11 Å². The molecule has 0 amide bonds. The van der Waals surface area contributed by atoms with Crippen molar-refractivity contribution in [3.63, 3.8) is 0 Å². The van der Waals surface area contributed by atoms with Gasteiger partial charge in [0.05, 0.1) is 13.2 Å². The van der Waals surface area contributed by atoms with E-state index in [2.05, 4.69) is 15.6 Å². The molecule has 3 N–H and O–H groups in total. The lowest BCUT2D eigenvalue weighted by Gasteiger charge is -2.19. The molecule has 19 heavy (non-hydrogen) atoms. The number of benzene rings is 1. The number of rotatable bonds is 4. The molecule has 1 aromatic carbocycles. The van der Waals surface area contributed by atoms with Crippen LogP contribution in [-0.2, 0) is 0 Å². The number of nitrogens with one attached hydrogen (secondary N) is 2. The molecule has 1 heterocycles. The van der Waals surface area contributed by atoms with E-state index in [9.17, 15) is 5.11 Å². The summed E-state index contributed by atoms with van der Waals surface area (Å²) in [6.07, 6.45) is 0.438. The number of guanidine groups is 1. The van der Waals surface area contributed by atoms with Gasteiger partial charge in [0.25, 0.3) is 0 Å². The Morgan fingerprint density at radius 1 is 1.47 bits per heavy atom. The number of methoxy groups -OCH3 is 1. The zero-order valence-electron chi connectivity index (χ0n) is 10.9. The minimum absolute atomic E-state index is 0. The van der Waals surface area contributed by atoms with Crippen LogP contribution in [0.25, 0.3) is 0 Å². The molecule has 1 atom stereocenters. The maximum Gasteiger partial charge on any atom is 0.191 e. The standard InChI is InChI=1S/C13H19N3O2.HI/c1-18-12-6-3-2-5-10(12)11(17)9-16-13-14-7-4-8-15-13;/h2-3,5-6,11,17H,4,7-9H2,1H3,(H2,14,15,16);1H. The molecule has 5 nitrogen and oxygen atoms in total. The van der Waals surface area contributed by atoms with Gasteiger partial charge in [-0.2, -0.15) is 0 Å². The molecule has 0 aliphatic carbocycles. The number of aliphatic hydroxyl groups is 1. The van der Waals surface area contributed by atoms with Crippen molar-refractivity contribution < 1.29 is 9.84 Å². The number of aliphatic hydroxyl groups excluding tert-OH is 1. The Kier molecular flexibility index (Phi) is 6.93. The van der Waals surface area contributed by atoms with Gasteiger partial charge in [0.2, 0.25) is 0 Å². The number of nitrogens with zero attached hydrogens (tertiary/aromatic N) is 1. The minimum Gasteiger partial charge on any atom is -0.496 e. The predicted octanol–water partition coefficient (Wildman–Crippen LogP) is 1.29. The van der Waals surface area contributed by atoms with E-state index >= 15 is 0 Å². The van der Waals surface area contributed by atoms with Gasteiger partial charge in [-0.25, -0.2) is 0 Å². The largest absolute Gasteiger partial charge is 0.496 e. The van der Waals surface area contributed by atoms with Crippen LogP contribution >= 0.6 is 24.0 Å². The number of ether oxygens (including phenoxy) is 1. The number of hydrogen-bond acceptors (Lipinski definition) is 5. The summed E-state index contributed by atoms with van der Waals surface area (Å²) in [6, 6.07) is 7.48. The van der Waals surface area contributed by atoms with Gasteiger partial charge in [-0.15, -0.1) is 24.0 Å². The lowest BCUT2D eigenvalue weighted by atomic mass is 10.1.